The van der Waals surface area contributed by atoms with Gasteiger partial charge in [0.05, 0.1) is 21.3 Å². The smallest absolute Gasteiger partial charge is 0.269 e. The van der Waals surface area contributed by atoms with Crippen molar-refractivity contribution in [2.45, 2.75) is 6.42 Å². The second-order valence-electron chi connectivity index (χ2n) is 5.31. The lowest BCUT2D eigenvalue weighted by molar-refractivity contribution is -0.384. The van der Waals surface area contributed by atoms with Crippen molar-refractivity contribution < 1.29 is 4.92 Å². The second-order valence-corrected chi connectivity index (χ2v) is 6.25. The van der Waals surface area contributed by atoms with Crippen LogP contribution >= 0.6 is 11.3 Å². The first kappa shape index (κ1) is 14.5. The van der Waals surface area contributed by atoms with Gasteiger partial charge in [-0.05, 0) is 24.3 Å². The van der Waals surface area contributed by atoms with E-state index in [0.717, 1.165) is 27.6 Å². The van der Waals surface area contributed by atoms with Crippen LogP contribution in [0.3, 0.4) is 0 Å². The normalized spacial score (nSPS) is 11.0. The summed E-state index contributed by atoms with van der Waals surface area (Å²) in [6.45, 7) is 0. The number of aromatic nitrogens is 3. The van der Waals surface area contributed by atoms with Gasteiger partial charge in [-0.2, -0.15) is 0 Å². The maximum absolute atomic E-state index is 10.7. The van der Waals surface area contributed by atoms with E-state index in [9.17, 15) is 10.1 Å². The Morgan fingerprint density at radius 1 is 1.12 bits per heavy atom. The highest BCUT2D eigenvalue weighted by Gasteiger charge is 2.10. The molecule has 0 saturated carbocycles. The molecule has 0 N–H and O–H groups in total. The van der Waals surface area contributed by atoms with Gasteiger partial charge in [0.15, 0.2) is 0 Å². The number of fused-ring (bicyclic) bond motifs is 1. The minimum Gasteiger partial charge on any atom is -0.307 e. The molecule has 0 radical (unpaired) electrons. The van der Waals surface area contributed by atoms with Crippen molar-refractivity contribution in [2.24, 2.45) is 0 Å². The highest BCUT2D eigenvalue weighted by molar-refractivity contribution is 7.10. The van der Waals surface area contributed by atoms with Gasteiger partial charge in [0.2, 0.25) is 0 Å². The minimum absolute atomic E-state index is 0.0823. The van der Waals surface area contributed by atoms with Crippen molar-refractivity contribution in [3.05, 3.63) is 81.1 Å². The minimum atomic E-state index is -0.403. The van der Waals surface area contributed by atoms with E-state index in [-0.39, 0.29) is 5.69 Å². The molecule has 0 aliphatic carbocycles. The Labute approximate surface area is 141 Å². The third-order valence-electron chi connectivity index (χ3n) is 3.67. The number of pyridine rings is 1. The summed E-state index contributed by atoms with van der Waals surface area (Å²) in [6.07, 6.45) is 4.64. The van der Waals surface area contributed by atoms with Crippen LogP contribution in [-0.2, 0) is 6.42 Å². The first-order valence-corrected chi connectivity index (χ1v) is 8.19. The molecule has 24 heavy (non-hydrogen) atoms. The summed E-state index contributed by atoms with van der Waals surface area (Å²) < 4.78 is 1.99. The molecular weight excluding hydrogens is 324 g/mol. The highest BCUT2D eigenvalue weighted by Crippen LogP contribution is 2.25. The molecule has 7 heteroatoms. The van der Waals surface area contributed by atoms with Gasteiger partial charge >= 0.3 is 0 Å². The third-order valence-corrected chi connectivity index (χ3v) is 4.52. The molecular formula is C17H12N4O2S. The average Bonchev–Trinajstić information content (AvgIpc) is 3.21. The summed E-state index contributed by atoms with van der Waals surface area (Å²) in [5.74, 6) is 0. The molecule has 6 nitrogen and oxygen atoms in total. The summed E-state index contributed by atoms with van der Waals surface area (Å²) in [6, 6.07) is 12.3. The predicted molar refractivity (Wildman–Crippen MR) is 92.2 cm³/mol. The largest absolute Gasteiger partial charge is 0.307 e. The Kier molecular flexibility index (Phi) is 3.55. The molecule has 0 amide bonds. The van der Waals surface area contributed by atoms with Gasteiger partial charge in [0, 0.05) is 41.9 Å². The van der Waals surface area contributed by atoms with E-state index in [0.29, 0.717) is 6.42 Å². The SMILES string of the molecule is O=[N+]([O-])c1ccc(-c2csc(Cc3cn4ccccc4n3)n2)cc1. The molecule has 0 aliphatic rings. The zero-order valence-electron chi connectivity index (χ0n) is 12.5. The van der Waals surface area contributed by atoms with Crippen molar-refractivity contribution in [3.8, 4) is 11.3 Å². The molecule has 0 bridgehead atoms. The molecule has 3 heterocycles. The lowest BCUT2D eigenvalue weighted by Crippen LogP contribution is -1.89. The van der Waals surface area contributed by atoms with E-state index >= 15 is 0 Å². The van der Waals surface area contributed by atoms with Crippen LogP contribution < -0.4 is 0 Å². The van der Waals surface area contributed by atoms with E-state index < -0.39 is 4.92 Å². The van der Waals surface area contributed by atoms with Gasteiger partial charge < -0.3 is 4.40 Å². The van der Waals surface area contributed by atoms with Crippen molar-refractivity contribution >= 4 is 22.7 Å². The number of nitrogens with zero attached hydrogens (tertiary/aromatic N) is 4. The van der Waals surface area contributed by atoms with Gasteiger partial charge in [-0.1, -0.05) is 6.07 Å². The first-order valence-electron chi connectivity index (χ1n) is 7.31. The van der Waals surface area contributed by atoms with Crippen molar-refractivity contribution in [1.82, 2.24) is 14.4 Å². The predicted octanol–water partition coefficient (Wildman–Crippen LogP) is 3.96. The number of hydrogen-bond acceptors (Lipinski definition) is 5. The zero-order valence-corrected chi connectivity index (χ0v) is 13.3. The summed E-state index contributed by atoms with van der Waals surface area (Å²) in [4.78, 5) is 19.5. The molecule has 0 saturated heterocycles. The Hall–Kier alpha value is -3.06. The highest BCUT2D eigenvalue weighted by atomic mass is 32.1. The summed E-state index contributed by atoms with van der Waals surface area (Å²) >= 11 is 1.57. The maximum atomic E-state index is 10.7. The van der Waals surface area contributed by atoms with Crippen LogP contribution in [0.15, 0.2) is 60.2 Å². The van der Waals surface area contributed by atoms with E-state index in [4.69, 9.17) is 0 Å². The number of imidazole rings is 1. The Morgan fingerprint density at radius 3 is 2.71 bits per heavy atom. The van der Waals surface area contributed by atoms with Crippen molar-refractivity contribution in [1.29, 1.82) is 0 Å². The number of nitro groups is 1. The Bertz CT molecular complexity index is 987. The Balaban J connectivity index is 1.56. The molecule has 0 atom stereocenters. The van der Waals surface area contributed by atoms with Crippen molar-refractivity contribution in [3.63, 3.8) is 0 Å². The van der Waals surface area contributed by atoms with Crippen LogP contribution in [0.25, 0.3) is 16.9 Å². The van der Waals surface area contributed by atoms with Crippen molar-refractivity contribution in [2.75, 3.05) is 0 Å². The fourth-order valence-corrected chi connectivity index (χ4v) is 3.32. The van der Waals surface area contributed by atoms with Gasteiger partial charge in [0.1, 0.15) is 5.65 Å². The zero-order chi connectivity index (χ0) is 16.5. The number of thiazole rings is 1. The molecule has 0 spiro atoms. The van der Waals surface area contributed by atoms with E-state index in [1.165, 1.54) is 12.1 Å². The van der Waals surface area contributed by atoms with Crippen LogP contribution in [0.2, 0.25) is 0 Å². The molecule has 0 aliphatic heterocycles. The molecule has 118 valence electrons. The molecule has 0 fully saturated rings. The molecule has 0 unspecified atom stereocenters. The van der Waals surface area contributed by atoms with Gasteiger partial charge in [-0.15, -0.1) is 11.3 Å². The summed E-state index contributed by atoms with van der Waals surface area (Å²) in [7, 11) is 0. The lowest BCUT2D eigenvalue weighted by Gasteiger charge is -1.96. The summed E-state index contributed by atoms with van der Waals surface area (Å²) in [5, 5.41) is 13.6. The number of rotatable bonds is 4. The van der Waals surface area contributed by atoms with Gasteiger partial charge in [-0.3, -0.25) is 10.1 Å². The number of hydrogen-bond donors (Lipinski definition) is 0. The number of benzene rings is 1. The number of non-ortho nitro benzene ring substituents is 1. The first-order chi connectivity index (χ1) is 11.7. The topological polar surface area (TPSA) is 73.3 Å². The Morgan fingerprint density at radius 2 is 1.96 bits per heavy atom. The van der Waals surface area contributed by atoms with Crippen LogP contribution in [0.4, 0.5) is 5.69 Å². The fourth-order valence-electron chi connectivity index (χ4n) is 2.51. The van der Waals surface area contributed by atoms with Gasteiger partial charge in [0.25, 0.3) is 5.69 Å². The van der Waals surface area contributed by atoms with E-state index in [2.05, 4.69) is 9.97 Å². The van der Waals surface area contributed by atoms with Crippen LogP contribution in [0.5, 0.6) is 0 Å². The molecule has 3 aromatic heterocycles. The van der Waals surface area contributed by atoms with Crippen LogP contribution in [-0.4, -0.2) is 19.3 Å². The second kappa shape index (κ2) is 5.86. The standard InChI is InChI=1S/C17H12N4O2S/c22-21(23)14-6-4-12(5-7-14)15-11-24-17(19-15)9-13-10-20-8-2-1-3-16(20)18-13/h1-8,10-11H,9H2. The van der Waals surface area contributed by atoms with E-state index in [1.54, 1.807) is 23.5 Å². The third kappa shape index (κ3) is 2.77. The quantitative estimate of drug-likeness (QED) is 0.418. The monoisotopic (exact) mass is 336 g/mol. The van der Waals surface area contributed by atoms with Crippen LogP contribution in [0, 0.1) is 10.1 Å². The average molecular weight is 336 g/mol. The molecule has 4 aromatic rings. The van der Waals surface area contributed by atoms with Gasteiger partial charge in [-0.25, -0.2) is 9.97 Å². The molecule has 4 rings (SSSR count). The van der Waals surface area contributed by atoms with Crippen LogP contribution in [0.1, 0.15) is 10.7 Å². The molecule has 1 aromatic carbocycles. The lowest BCUT2D eigenvalue weighted by atomic mass is 10.1. The fraction of sp³-hybridized carbons (Fsp3) is 0.0588. The van der Waals surface area contributed by atoms with E-state index in [1.807, 2.05) is 40.4 Å². The number of nitro benzene ring substituents is 1. The summed E-state index contributed by atoms with van der Waals surface area (Å²) in [5.41, 5.74) is 3.66. The maximum Gasteiger partial charge on any atom is 0.269 e.